The van der Waals surface area contributed by atoms with E-state index in [4.69, 9.17) is 6.42 Å². The molecule has 2 atom stereocenters. The fraction of sp³-hybridized carbons (Fsp3) is 0.333. The summed E-state index contributed by atoms with van der Waals surface area (Å²) in [7, 11) is 2.05. The quantitative estimate of drug-likeness (QED) is 0.771. The van der Waals surface area contributed by atoms with E-state index in [9.17, 15) is 0 Å². The summed E-state index contributed by atoms with van der Waals surface area (Å²) in [5.41, 5.74) is 4.10. The van der Waals surface area contributed by atoms with Gasteiger partial charge < -0.3 is 5.32 Å². The molecule has 0 aromatic heterocycles. The van der Waals surface area contributed by atoms with E-state index in [1.54, 1.807) is 0 Å². The summed E-state index contributed by atoms with van der Waals surface area (Å²) in [4.78, 5) is 2.14. The zero-order valence-corrected chi connectivity index (χ0v) is 14.9. The number of nitrogens with one attached hydrogen (secondary N) is 1. The van der Waals surface area contributed by atoms with Gasteiger partial charge in [0.05, 0.1) is 6.54 Å². The van der Waals surface area contributed by atoms with Crippen LogP contribution >= 0.6 is 12.4 Å². The Balaban J connectivity index is 0.00000208. The zero-order valence-electron chi connectivity index (χ0n) is 14.1. The molecule has 1 aliphatic carbocycles. The summed E-state index contributed by atoms with van der Waals surface area (Å²) < 4.78 is 0. The van der Waals surface area contributed by atoms with Gasteiger partial charge >= 0.3 is 0 Å². The Morgan fingerprint density at radius 2 is 1.75 bits per heavy atom. The van der Waals surface area contributed by atoms with Crippen molar-refractivity contribution in [2.24, 2.45) is 0 Å². The number of hydrogen-bond acceptors (Lipinski definition) is 2. The lowest BCUT2D eigenvalue weighted by atomic mass is 10.1. The van der Waals surface area contributed by atoms with E-state index in [0.29, 0.717) is 18.5 Å². The molecule has 0 bridgehead atoms. The third-order valence-corrected chi connectivity index (χ3v) is 4.42. The van der Waals surface area contributed by atoms with Gasteiger partial charge in [-0.1, -0.05) is 60.5 Å². The second-order valence-corrected chi connectivity index (χ2v) is 6.43. The van der Waals surface area contributed by atoms with Gasteiger partial charge in [-0.25, -0.2) is 0 Å². The largest absolute Gasteiger partial charge is 0.309 e. The maximum absolute atomic E-state index is 5.33. The number of benzene rings is 2. The second kappa shape index (κ2) is 8.89. The minimum atomic E-state index is 0. The summed E-state index contributed by atoms with van der Waals surface area (Å²) in [6.45, 7) is 2.52. The van der Waals surface area contributed by atoms with Gasteiger partial charge in [0, 0.05) is 25.0 Å². The molecule has 3 heteroatoms. The molecule has 0 unspecified atom stereocenters. The van der Waals surface area contributed by atoms with E-state index >= 15 is 0 Å². The predicted molar refractivity (Wildman–Crippen MR) is 103 cm³/mol. The number of terminal acetylenes is 1. The monoisotopic (exact) mass is 340 g/mol. The molecular weight excluding hydrogens is 316 g/mol. The van der Waals surface area contributed by atoms with Gasteiger partial charge in [-0.3, -0.25) is 4.90 Å². The van der Waals surface area contributed by atoms with Crippen molar-refractivity contribution in [2.75, 3.05) is 13.6 Å². The summed E-state index contributed by atoms with van der Waals surface area (Å²) >= 11 is 0. The molecule has 1 saturated carbocycles. The number of rotatable bonds is 7. The van der Waals surface area contributed by atoms with Crippen LogP contribution < -0.4 is 5.32 Å². The van der Waals surface area contributed by atoms with Crippen molar-refractivity contribution in [2.45, 2.75) is 31.5 Å². The molecule has 1 aliphatic rings. The molecule has 0 saturated heterocycles. The third kappa shape index (κ3) is 5.11. The number of hydrogen-bond donors (Lipinski definition) is 1. The summed E-state index contributed by atoms with van der Waals surface area (Å²) in [6.07, 6.45) is 6.58. The molecule has 2 nitrogen and oxygen atoms in total. The highest BCUT2D eigenvalue weighted by atomic mass is 35.5. The lowest BCUT2D eigenvalue weighted by molar-refractivity contribution is 0.369. The van der Waals surface area contributed by atoms with Gasteiger partial charge in [0.15, 0.2) is 0 Å². The standard InChI is InChI=1S/C21H24N2.ClH/c1-3-13-23(2)16-18-11-9-17(10-12-18)15-22-21-14-20(21)19-7-5-4-6-8-19;/h1,4-12,20-22H,13-16H2,2H3;1H/t20-,21+;/m0./s1. The molecule has 1 N–H and O–H groups in total. The van der Waals surface area contributed by atoms with E-state index in [1.807, 2.05) is 7.05 Å². The van der Waals surface area contributed by atoms with Gasteiger partial charge in [-0.05, 0) is 30.2 Å². The van der Waals surface area contributed by atoms with Crippen molar-refractivity contribution in [3.63, 3.8) is 0 Å². The Kier molecular flexibility index (Phi) is 6.87. The van der Waals surface area contributed by atoms with Crippen molar-refractivity contribution in [3.8, 4) is 12.3 Å². The van der Waals surface area contributed by atoms with Gasteiger partial charge in [-0.2, -0.15) is 0 Å². The molecule has 0 spiro atoms. The Bertz CT molecular complexity index is 660. The van der Waals surface area contributed by atoms with E-state index in [1.165, 1.54) is 23.1 Å². The molecule has 1 fully saturated rings. The van der Waals surface area contributed by atoms with Gasteiger partial charge in [0.1, 0.15) is 0 Å². The minimum Gasteiger partial charge on any atom is -0.309 e. The van der Waals surface area contributed by atoms with Crippen molar-refractivity contribution < 1.29 is 0 Å². The van der Waals surface area contributed by atoms with Crippen LogP contribution in [0.15, 0.2) is 54.6 Å². The second-order valence-electron chi connectivity index (χ2n) is 6.43. The van der Waals surface area contributed by atoms with Crippen molar-refractivity contribution in [3.05, 3.63) is 71.3 Å². The van der Waals surface area contributed by atoms with Crippen LogP contribution in [0.5, 0.6) is 0 Å². The zero-order chi connectivity index (χ0) is 16.1. The third-order valence-electron chi connectivity index (χ3n) is 4.42. The SMILES string of the molecule is C#CCN(C)Cc1ccc(CN[C@@H]2C[C@H]2c2ccccc2)cc1.Cl. The van der Waals surface area contributed by atoms with Gasteiger partial charge in [0.25, 0.3) is 0 Å². The molecule has 0 radical (unpaired) electrons. The van der Waals surface area contributed by atoms with Gasteiger partial charge in [0.2, 0.25) is 0 Å². The normalized spacial score (nSPS) is 18.7. The lowest BCUT2D eigenvalue weighted by Gasteiger charge is -2.13. The first-order valence-electron chi connectivity index (χ1n) is 8.24. The van der Waals surface area contributed by atoms with E-state index in [0.717, 1.165) is 13.1 Å². The molecule has 0 amide bonds. The molecule has 0 aliphatic heterocycles. The first-order chi connectivity index (χ1) is 11.3. The van der Waals surface area contributed by atoms with Crippen LogP contribution in [0.2, 0.25) is 0 Å². The van der Waals surface area contributed by atoms with Crippen molar-refractivity contribution in [1.29, 1.82) is 0 Å². The highest BCUT2D eigenvalue weighted by Gasteiger charge is 2.37. The first-order valence-corrected chi connectivity index (χ1v) is 8.24. The summed E-state index contributed by atoms with van der Waals surface area (Å²) in [6, 6.07) is 20.2. The van der Waals surface area contributed by atoms with Crippen molar-refractivity contribution >= 4 is 12.4 Å². The van der Waals surface area contributed by atoms with Crippen LogP contribution in [-0.4, -0.2) is 24.5 Å². The highest BCUT2D eigenvalue weighted by Crippen LogP contribution is 2.40. The molecule has 126 valence electrons. The fourth-order valence-corrected chi connectivity index (χ4v) is 3.02. The van der Waals surface area contributed by atoms with Crippen molar-refractivity contribution in [1.82, 2.24) is 10.2 Å². The highest BCUT2D eigenvalue weighted by molar-refractivity contribution is 5.85. The molecule has 3 rings (SSSR count). The van der Waals surface area contributed by atoms with Crippen LogP contribution in [0.25, 0.3) is 0 Å². The fourth-order valence-electron chi connectivity index (χ4n) is 3.02. The average molecular weight is 341 g/mol. The summed E-state index contributed by atoms with van der Waals surface area (Å²) in [5.74, 6) is 3.36. The minimum absolute atomic E-state index is 0. The Morgan fingerprint density at radius 1 is 1.08 bits per heavy atom. The first kappa shape index (κ1) is 18.5. The molecule has 2 aromatic rings. The molecule has 0 heterocycles. The van der Waals surface area contributed by atoms with Crippen LogP contribution in [-0.2, 0) is 13.1 Å². The molecule has 2 aromatic carbocycles. The topological polar surface area (TPSA) is 15.3 Å². The van der Waals surface area contributed by atoms with Crippen LogP contribution in [0.3, 0.4) is 0 Å². The average Bonchev–Trinajstić information content (AvgIpc) is 3.35. The Hall–Kier alpha value is -1.79. The van der Waals surface area contributed by atoms with Crippen LogP contribution in [0.1, 0.15) is 29.0 Å². The van der Waals surface area contributed by atoms with Crippen LogP contribution in [0, 0.1) is 12.3 Å². The number of nitrogens with zero attached hydrogens (tertiary/aromatic N) is 1. The Morgan fingerprint density at radius 3 is 2.42 bits per heavy atom. The predicted octanol–water partition coefficient (Wildman–Crippen LogP) is 3.82. The Labute approximate surface area is 151 Å². The van der Waals surface area contributed by atoms with Crippen LogP contribution in [0.4, 0.5) is 0 Å². The van der Waals surface area contributed by atoms with Gasteiger partial charge in [-0.15, -0.1) is 18.8 Å². The van der Waals surface area contributed by atoms with E-state index in [2.05, 4.69) is 70.7 Å². The maximum atomic E-state index is 5.33. The number of halogens is 1. The molecule has 24 heavy (non-hydrogen) atoms. The summed E-state index contributed by atoms with van der Waals surface area (Å²) in [5, 5.41) is 3.67. The molecular formula is C21H25ClN2. The van der Waals surface area contributed by atoms with E-state index in [-0.39, 0.29) is 12.4 Å². The maximum Gasteiger partial charge on any atom is 0.0599 e. The lowest BCUT2D eigenvalue weighted by Crippen LogP contribution is -2.18. The smallest absolute Gasteiger partial charge is 0.0599 e. The van der Waals surface area contributed by atoms with E-state index < -0.39 is 0 Å².